The Kier molecular flexibility index (Phi) is 3.39. The summed E-state index contributed by atoms with van der Waals surface area (Å²) in [5.41, 5.74) is 6.87. The van der Waals surface area contributed by atoms with Crippen molar-refractivity contribution in [2.24, 2.45) is 0 Å². The first-order chi connectivity index (χ1) is 6.91. The third-order valence-electron chi connectivity index (χ3n) is 2.74. The van der Waals surface area contributed by atoms with Crippen LogP contribution >= 0.6 is 0 Å². The molecule has 1 unspecified atom stereocenters. The van der Waals surface area contributed by atoms with Crippen LogP contribution in [0.1, 0.15) is 25.8 Å². The molecule has 84 valence electrons. The van der Waals surface area contributed by atoms with Crippen LogP contribution in [0.2, 0.25) is 0 Å². The van der Waals surface area contributed by atoms with Crippen LogP contribution in [0.25, 0.3) is 0 Å². The molecule has 2 N–H and O–H groups in total. The van der Waals surface area contributed by atoms with Gasteiger partial charge in [-0.3, -0.25) is 0 Å². The number of benzene rings is 1. The van der Waals surface area contributed by atoms with Crippen molar-refractivity contribution in [2.75, 3.05) is 5.73 Å². The number of anilines is 1. The van der Waals surface area contributed by atoms with Crippen LogP contribution in [0, 0.1) is 6.92 Å². The smallest absolute Gasteiger partial charge is 0.181 e. The molecular formula is C11H17NO2S. The van der Waals surface area contributed by atoms with Gasteiger partial charge in [0.1, 0.15) is 0 Å². The summed E-state index contributed by atoms with van der Waals surface area (Å²) in [5.74, 6) is 0. The number of rotatable bonds is 3. The van der Waals surface area contributed by atoms with Crippen LogP contribution in [0.15, 0.2) is 23.1 Å². The Morgan fingerprint density at radius 3 is 2.53 bits per heavy atom. The van der Waals surface area contributed by atoms with E-state index >= 15 is 0 Å². The molecule has 1 aromatic rings. The maximum absolute atomic E-state index is 12.1. The summed E-state index contributed by atoms with van der Waals surface area (Å²) in [4.78, 5) is 0.358. The number of nitrogens with two attached hydrogens (primary N) is 1. The third kappa shape index (κ3) is 2.15. The van der Waals surface area contributed by atoms with Crippen LogP contribution in [0.4, 0.5) is 5.69 Å². The number of hydrogen-bond donors (Lipinski definition) is 1. The Labute approximate surface area is 91.2 Å². The van der Waals surface area contributed by atoms with Gasteiger partial charge in [-0.25, -0.2) is 8.42 Å². The van der Waals surface area contributed by atoms with Crippen LogP contribution in [0.5, 0.6) is 0 Å². The van der Waals surface area contributed by atoms with Gasteiger partial charge in [-0.05, 0) is 38.0 Å². The van der Waals surface area contributed by atoms with Crippen molar-refractivity contribution in [3.8, 4) is 0 Å². The molecule has 0 aliphatic carbocycles. The van der Waals surface area contributed by atoms with Gasteiger partial charge in [0.15, 0.2) is 9.84 Å². The van der Waals surface area contributed by atoms with Crippen LogP contribution in [-0.4, -0.2) is 13.7 Å². The summed E-state index contributed by atoms with van der Waals surface area (Å²) in [6, 6.07) is 5.01. The molecule has 1 atom stereocenters. The van der Waals surface area contributed by atoms with E-state index in [1.54, 1.807) is 32.0 Å². The summed E-state index contributed by atoms with van der Waals surface area (Å²) in [6.07, 6.45) is 0.608. The number of nitrogen functional groups attached to an aromatic ring is 1. The fourth-order valence-corrected chi connectivity index (χ4v) is 3.06. The van der Waals surface area contributed by atoms with Gasteiger partial charge in [-0.2, -0.15) is 0 Å². The summed E-state index contributed by atoms with van der Waals surface area (Å²) >= 11 is 0. The monoisotopic (exact) mass is 227 g/mol. The van der Waals surface area contributed by atoms with Crippen molar-refractivity contribution in [1.29, 1.82) is 0 Å². The van der Waals surface area contributed by atoms with Gasteiger partial charge in [-0.1, -0.05) is 13.0 Å². The van der Waals surface area contributed by atoms with Crippen molar-refractivity contribution < 1.29 is 8.42 Å². The highest BCUT2D eigenvalue weighted by molar-refractivity contribution is 7.92. The van der Waals surface area contributed by atoms with Gasteiger partial charge in [-0.15, -0.1) is 0 Å². The summed E-state index contributed by atoms with van der Waals surface area (Å²) in [5, 5.41) is -0.363. The minimum atomic E-state index is -3.22. The Hall–Kier alpha value is -1.03. The van der Waals surface area contributed by atoms with E-state index in [0.717, 1.165) is 0 Å². The van der Waals surface area contributed by atoms with Gasteiger partial charge in [0.05, 0.1) is 10.1 Å². The maximum Gasteiger partial charge on any atom is 0.181 e. The van der Waals surface area contributed by atoms with Crippen molar-refractivity contribution in [3.05, 3.63) is 23.8 Å². The maximum atomic E-state index is 12.1. The van der Waals surface area contributed by atoms with Crippen molar-refractivity contribution in [1.82, 2.24) is 0 Å². The highest BCUT2D eigenvalue weighted by Gasteiger charge is 2.23. The van der Waals surface area contributed by atoms with E-state index in [4.69, 9.17) is 5.73 Å². The van der Waals surface area contributed by atoms with E-state index in [1.807, 2.05) is 6.92 Å². The van der Waals surface area contributed by atoms with Gasteiger partial charge in [0.25, 0.3) is 0 Å². The molecule has 0 radical (unpaired) electrons. The van der Waals surface area contributed by atoms with E-state index < -0.39 is 9.84 Å². The number of sulfone groups is 1. The lowest BCUT2D eigenvalue weighted by Gasteiger charge is -2.13. The second-order valence-electron chi connectivity index (χ2n) is 3.73. The molecule has 0 aliphatic heterocycles. The molecule has 15 heavy (non-hydrogen) atoms. The van der Waals surface area contributed by atoms with Crippen LogP contribution in [-0.2, 0) is 9.84 Å². The SMILES string of the molecule is CCC(C)S(=O)(=O)c1cccc(N)c1C. The Morgan fingerprint density at radius 1 is 1.40 bits per heavy atom. The Morgan fingerprint density at radius 2 is 2.00 bits per heavy atom. The van der Waals surface area contributed by atoms with E-state index in [-0.39, 0.29) is 5.25 Å². The quantitative estimate of drug-likeness (QED) is 0.805. The van der Waals surface area contributed by atoms with Gasteiger partial charge < -0.3 is 5.73 Å². The normalized spacial score (nSPS) is 13.8. The fraction of sp³-hybridized carbons (Fsp3) is 0.455. The zero-order chi connectivity index (χ0) is 11.6. The molecule has 0 heterocycles. The van der Waals surface area contributed by atoms with Gasteiger partial charge in [0.2, 0.25) is 0 Å². The molecule has 4 heteroatoms. The van der Waals surface area contributed by atoms with E-state index in [9.17, 15) is 8.42 Å². The van der Waals surface area contributed by atoms with E-state index in [2.05, 4.69) is 0 Å². The number of hydrogen-bond acceptors (Lipinski definition) is 3. The Bertz CT molecular complexity index is 452. The highest BCUT2D eigenvalue weighted by Crippen LogP contribution is 2.25. The summed E-state index contributed by atoms with van der Waals surface area (Å²) < 4.78 is 24.2. The predicted octanol–water partition coefficient (Wildman–Crippen LogP) is 2.15. The van der Waals surface area contributed by atoms with Crippen LogP contribution in [0.3, 0.4) is 0 Å². The molecule has 0 saturated heterocycles. The lowest BCUT2D eigenvalue weighted by molar-refractivity contribution is 0.580. The zero-order valence-electron chi connectivity index (χ0n) is 9.32. The summed E-state index contributed by atoms with van der Waals surface area (Å²) in [7, 11) is -3.22. The molecule has 1 aromatic carbocycles. The van der Waals surface area contributed by atoms with E-state index in [1.165, 1.54) is 0 Å². The first-order valence-electron chi connectivity index (χ1n) is 5.00. The third-order valence-corrected chi connectivity index (χ3v) is 5.19. The first kappa shape index (κ1) is 12.0. The zero-order valence-corrected chi connectivity index (χ0v) is 10.1. The highest BCUT2D eigenvalue weighted by atomic mass is 32.2. The predicted molar refractivity (Wildman–Crippen MR) is 62.5 cm³/mol. The molecule has 0 spiro atoms. The molecule has 1 rings (SSSR count). The molecule has 0 fully saturated rings. The standard InChI is InChI=1S/C11H17NO2S/c1-4-8(2)15(13,14)11-7-5-6-10(12)9(11)3/h5-8H,4,12H2,1-3H3. The van der Waals surface area contributed by atoms with Crippen molar-refractivity contribution >= 4 is 15.5 Å². The van der Waals surface area contributed by atoms with Gasteiger partial charge >= 0.3 is 0 Å². The van der Waals surface area contributed by atoms with E-state index in [0.29, 0.717) is 22.6 Å². The molecule has 0 aliphatic rings. The minimum absolute atomic E-state index is 0.358. The first-order valence-corrected chi connectivity index (χ1v) is 6.54. The molecule has 0 amide bonds. The average molecular weight is 227 g/mol. The second-order valence-corrected chi connectivity index (χ2v) is 6.07. The van der Waals surface area contributed by atoms with Crippen molar-refractivity contribution in [3.63, 3.8) is 0 Å². The Balaban J connectivity index is 3.34. The van der Waals surface area contributed by atoms with Crippen molar-refractivity contribution in [2.45, 2.75) is 37.3 Å². The second kappa shape index (κ2) is 4.23. The minimum Gasteiger partial charge on any atom is -0.398 e. The largest absolute Gasteiger partial charge is 0.398 e. The topological polar surface area (TPSA) is 60.2 Å². The molecule has 0 aromatic heterocycles. The van der Waals surface area contributed by atoms with Crippen LogP contribution < -0.4 is 5.73 Å². The lowest BCUT2D eigenvalue weighted by atomic mass is 10.2. The van der Waals surface area contributed by atoms with Gasteiger partial charge in [0, 0.05) is 5.69 Å². The molecule has 0 bridgehead atoms. The summed E-state index contributed by atoms with van der Waals surface area (Å²) in [6.45, 7) is 5.33. The molecular weight excluding hydrogens is 210 g/mol. The molecule has 0 saturated carbocycles. The lowest BCUT2D eigenvalue weighted by Crippen LogP contribution is -2.18. The average Bonchev–Trinajstić information content (AvgIpc) is 2.20. The fourth-order valence-electron chi connectivity index (χ4n) is 1.38. The molecule has 3 nitrogen and oxygen atoms in total.